The molecule has 0 atom stereocenters. The molecule has 0 aromatic carbocycles. The van der Waals surface area contributed by atoms with Gasteiger partial charge in [-0.3, -0.25) is 4.79 Å². The van der Waals surface area contributed by atoms with Crippen LogP contribution in [0.2, 0.25) is 0 Å². The van der Waals surface area contributed by atoms with Crippen LogP contribution in [-0.2, 0) is 4.79 Å². The van der Waals surface area contributed by atoms with Crippen molar-refractivity contribution in [3.8, 4) is 0 Å². The van der Waals surface area contributed by atoms with Crippen molar-refractivity contribution in [1.29, 1.82) is 0 Å². The average molecular weight is 184 g/mol. The quantitative estimate of drug-likeness (QED) is 0.483. The SMILES string of the molecule is CCSCCC(=O)C=C1CCC1. The van der Waals surface area contributed by atoms with Crippen LogP contribution >= 0.6 is 11.8 Å². The minimum Gasteiger partial charge on any atom is -0.295 e. The van der Waals surface area contributed by atoms with E-state index in [4.69, 9.17) is 0 Å². The van der Waals surface area contributed by atoms with E-state index in [1.165, 1.54) is 12.0 Å². The molecule has 1 rings (SSSR count). The van der Waals surface area contributed by atoms with E-state index in [9.17, 15) is 4.79 Å². The average Bonchev–Trinajstić information content (AvgIpc) is 1.98. The lowest BCUT2D eigenvalue weighted by atomic mass is 9.91. The topological polar surface area (TPSA) is 17.1 Å². The standard InChI is InChI=1S/C10H16OS/c1-2-12-7-6-10(11)8-9-4-3-5-9/h8H,2-7H2,1H3. The zero-order valence-corrected chi connectivity index (χ0v) is 8.45. The largest absolute Gasteiger partial charge is 0.295 e. The molecule has 0 heterocycles. The highest BCUT2D eigenvalue weighted by molar-refractivity contribution is 7.99. The summed E-state index contributed by atoms with van der Waals surface area (Å²) >= 11 is 1.84. The van der Waals surface area contributed by atoms with Crippen molar-refractivity contribution in [3.05, 3.63) is 11.6 Å². The smallest absolute Gasteiger partial charge is 0.156 e. The Balaban J connectivity index is 2.11. The van der Waals surface area contributed by atoms with Gasteiger partial charge in [0, 0.05) is 12.2 Å². The molecule has 0 unspecified atom stereocenters. The van der Waals surface area contributed by atoms with Gasteiger partial charge in [-0.2, -0.15) is 11.8 Å². The van der Waals surface area contributed by atoms with E-state index < -0.39 is 0 Å². The second kappa shape index (κ2) is 5.41. The monoisotopic (exact) mass is 184 g/mol. The number of hydrogen-bond donors (Lipinski definition) is 0. The molecule has 1 nitrogen and oxygen atoms in total. The Hall–Kier alpha value is -0.240. The molecule has 0 amide bonds. The van der Waals surface area contributed by atoms with Crippen LogP contribution in [-0.4, -0.2) is 17.3 Å². The van der Waals surface area contributed by atoms with Gasteiger partial charge in [0.05, 0.1) is 0 Å². The maximum Gasteiger partial charge on any atom is 0.156 e. The van der Waals surface area contributed by atoms with E-state index >= 15 is 0 Å². The molecule has 0 bridgehead atoms. The third-order valence-electron chi connectivity index (χ3n) is 2.06. The van der Waals surface area contributed by atoms with Crippen molar-refractivity contribution < 1.29 is 4.79 Å². The summed E-state index contributed by atoms with van der Waals surface area (Å²) in [5.41, 5.74) is 1.36. The molecule has 68 valence electrons. The molecule has 0 aromatic rings. The number of carbonyl (C=O) groups is 1. The number of rotatable bonds is 5. The molecule has 12 heavy (non-hydrogen) atoms. The van der Waals surface area contributed by atoms with Crippen molar-refractivity contribution in [1.82, 2.24) is 0 Å². The van der Waals surface area contributed by atoms with Gasteiger partial charge in [0.2, 0.25) is 0 Å². The molecule has 0 spiro atoms. The minimum atomic E-state index is 0.325. The maximum atomic E-state index is 11.2. The Morgan fingerprint density at radius 3 is 2.83 bits per heavy atom. The van der Waals surface area contributed by atoms with Crippen LogP contribution in [0.5, 0.6) is 0 Å². The normalized spacial score (nSPS) is 15.6. The lowest BCUT2D eigenvalue weighted by Crippen LogP contribution is -2.02. The first-order valence-corrected chi connectivity index (χ1v) is 5.78. The number of carbonyl (C=O) groups excluding carboxylic acids is 1. The Morgan fingerprint density at radius 1 is 1.58 bits per heavy atom. The van der Waals surface area contributed by atoms with E-state index in [0.29, 0.717) is 5.78 Å². The van der Waals surface area contributed by atoms with Crippen LogP contribution in [0.15, 0.2) is 11.6 Å². The summed E-state index contributed by atoms with van der Waals surface area (Å²) in [5, 5.41) is 0. The van der Waals surface area contributed by atoms with E-state index in [1.54, 1.807) is 0 Å². The molecule has 0 aliphatic heterocycles. The third-order valence-corrected chi connectivity index (χ3v) is 2.96. The summed E-state index contributed by atoms with van der Waals surface area (Å²) in [6.45, 7) is 2.12. The summed E-state index contributed by atoms with van der Waals surface area (Å²) in [5.74, 6) is 2.42. The lowest BCUT2D eigenvalue weighted by molar-refractivity contribution is -0.114. The van der Waals surface area contributed by atoms with Crippen molar-refractivity contribution in [2.75, 3.05) is 11.5 Å². The highest BCUT2D eigenvalue weighted by Gasteiger charge is 2.09. The Kier molecular flexibility index (Phi) is 4.44. The van der Waals surface area contributed by atoms with E-state index in [2.05, 4.69) is 6.92 Å². The summed E-state index contributed by atoms with van der Waals surface area (Å²) in [4.78, 5) is 11.2. The molecule has 1 fully saturated rings. The molecule has 2 heteroatoms. The van der Waals surface area contributed by atoms with Gasteiger partial charge in [0.1, 0.15) is 0 Å². The van der Waals surface area contributed by atoms with Crippen LogP contribution in [0.4, 0.5) is 0 Å². The van der Waals surface area contributed by atoms with Crippen LogP contribution in [0, 0.1) is 0 Å². The number of thioether (sulfide) groups is 1. The fourth-order valence-electron chi connectivity index (χ4n) is 1.14. The van der Waals surface area contributed by atoms with Gasteiger partial charge in [-0.1, -0.05) is 12.5 Å². The van der Waals surface area contributed by atoms with Gasteiger partial charge in [0.25, 0.3) is 0 Å². The first-order valence-electron chi connectivity index (χ1n) is 4.63. The van der Waals surface area contributed by atoms with Crippen LogP contribution in [0.3, 0.4) is 0 Å². The van der Waals surface area contributed by atoms with E-state index in [1.807, 2.05) is 17.8 Å². The molecule has 1 saturated carbocycles. The van der Waals surface area contributed by atoms with Gasteiger partial charge in [-0.25, -0.2) is 0 Å². The van der Waals surface area contributed by atoms with Gasteiger partial charge in [-0.15, -0.1) is 0 Å². The second-order valence-electron chi connectivity index (χ2n) is 3.07. The van der Waals surface area contributed by atoms with Crippen LogP contribution < -0.4 is 0 Å². The number of allylic oxidation sites excluding steroid dienone is 2. The fourth-order valence-corrected chi connectivity index (χ4v) is 1.78. The molecule has 1 aliphatic carbocycles. The molecule has 1 aliphatic rings. The molecular weight excluding hydrogens is 168 g/mol. The van der Waals surface area contributed by atoms with Gasteiger partial charge in [-0.05, 0) is 31.1 Å². The Bertz CT molecular complexity index is 178. The number of hydrogen-bond acceptors (Lipinski definition) is 2. The molecule has 0 aromatic heterocycles. The third kappa shape index (κ3) is 3.44. The van der Waals surface area contributed by atoms with Gasteiger partial charge >= 0.3 is 0 Å². The zero-order chi connectivity index (χ0) is 8.81. The summed E-state index contributed by atoms with van der Waals surface area (Å²) < 4.78 is 0. The number of ketones is 1. The van der Waals surface area contributed by atoms with E-state index in [0.717, 1.165) is 30.8 Å². The summed E-state index contributed by atoms with van der Waals surface area (Å²) in [6.07, 6.45) is 6.18. The van der Waals surface area contributed by atoms with Gasteiger partial charge in [0.15, 0.2) is 5.78 Å². The fraction of sp³-hybridized carbons (Fsp3) is 0.700. The first-order chi connectivity index (χ1) is 5.83. The summed E-state index contributed by atoms with van der Waals surface area (Å²) in [7, 11) is 0. The van der Waals surface area contributed by atoms with Gasteiger partial charge < -0.3 is 0 Å². The van der Waals surface area contributed by atoms with Crippen molar-refractivity contribution >= 4 is 17.5 Å². The first kappa shape index (κ1) is 9.85. The minimum absolute atomic E-state index is 0.325. The second-order valence-corrected chi connectivity index (χ2v) is 4.46. The Morgan fingerprint density at radius 2 is 2.33 bits per heavy atom. The summed E-state index contributed by atoms with van der Waals surface area (Å²) in [6, 6.07) is 0. The molecular formula is C10H16OS. The highest BCUT2D eigenvalue weighted by atomic mass is 32.2. The van der Waals surface area contributed by atoms with Crippen molar-refractivity contribution in [2.24, 2.45) is 0 Å². The van der Waals surface area contributed by atoms with Crippen molar-refractivity contribution in [3.63, 3.8) is 0 Å². The molecule has 0 radical (unpaired) electrons. The predicted molar refractivity (Wildman–Crippen MR) is 54.6 cm³/mol. The molecule has 0 N–H and O–H groups in total. The predicted octanol–water partition coefficient (Wildman–Crippen LogP) is 2.81. The maximum absolute atomic E-state index is 11.2. The highest BCUT2D eigenvalue weighted by Crippen LogP contribution is 2.25. The Labute approximate surface area is 78.6 Å². The van der Waals surface area contributed by atoms with Crippen LogP contribution in [0.25, 0.3) is 0 Å². The molecule has 0 saturated heterocycles. The van der Waals surface area contributed by atoms with Crippen LogP contribution in [0.1, 0.15) is 32.6 Å². The van der Waals surface area contributed by atoms with E-state index in [-0.39, 0.29) is 0 Å². The lowest BCUT2D eigenvalue weighted by Gasteiger charge is -2.15. The van der Waals surface area contributed by atoms with Crippen molar-refractivity contribution in [2.45, 2.75) is 32.6 Å². The zero-order valence-electron chi connectivity index (χ0n) is 7.64.